The Morgan fingerprint density at radius 2 is 2.29 bits per heavy atom. The third kappa shape index (κ3) is 1.88. The van der Waals surface area contributed by atoms with E-state index in [1.807, 2.05) is 0 Å². The Hall–Kier alpha value is -2.25. The molecule has 4 rings (SSSR count). The van der Waals surface area contributed by atoms with E-state index in [-0.39, 0.29) is 29.7 Å². The minimum Gasteiger partial charge on any atom is -0.394 e. The Morgan fingerprint density at radius 1 is 1.50 bits per heavy atom. The van der Waals surface area contributed by atoms with Crippen LogP contribution in [0.15, 0.2) is 18.4 Å². The number of aromatic nitrogens is 3. The second-order valence-corrected chi connectivity index (χ2v) is 6.29. The smallest absolute Gasteiger partial charge is 0.226 e. The van der Waals surface area contributed by atoms with Gasteiger partial charge < -0.3 is 25.1 Å². The summed E-state index contributed by atoms with van der Waals surface area (Å²) < 4.78 is 27.1. The normalized spacial score (nSPS) is 34.9. The van der Waals surface area contributed by atoms with Crippen LogP contribution in [0, 0.1) is 11.3 Å². The lowest BCUT2D eigenvalue weighted by atomic mass is 9.92. The molecule has 2 aliphatic heterocycles. The van der Waals surface area contributed by atoms with Gasteiger partial charge in [-0.25, -0.2) is 9.50 Å². The summed E-state index contributed by atoms with van der Waals surface area (Å²) in [6.07, 6.45) is -0.926. The van der Waals surface area contributed by atoms with Crippen molar-refractivity contribution in [3.8, 4) is 6.07 Å². The van der Waals surface area contributed by atoms with Crippen LogP contribution in [0.2, 0.25) is 0 Å². The summed E-state index contributed by atoms with van der Waals surface area (Å²) in [5.41, 5.74) is 4.81. The number of nitrogen functional groups attached to an aromatic ring is 1. The molecule has 3 N–H and O–H groups in total. The van der Waals surface area contributed by atoms with Gasteiger partial charge >= 0.3 is 0 Å². The number of anilines is 1. The van der Waals surface area contributed by atoms with Crippen LogP contribution in [0.5, 0.6) is 0 Å². The number of hydrogen-bond donors (Lipinski definition) is 2. The molecule has 4 heterocycles. The lowest BCUT2D eigenvalue weighted by Crippen LogP contribution is -2.40. The zero-order valence-corrected chi connectivity index (χ0v) is 13.1. The molecule has 0 aliphatic carbocycles. The van der Waals surface area contributed by atoms with Crippen LogP contribution in [0.1, 0.15) is 20.9 Å². The third-order valence-electron chi connectivity index (χ3n) is 4.35. The van der Waals surface area contributed by atoms with E-state index in [4.69, 9.17) is 21.3 Å². The zero-order chi connectivity index (χ0) is 18.0. The minimum absolute atomic E-state index is 0.0634. The van der Waals surface area contributed by atoms with Gasteiger partial charge in [0.15, 0.2) is 11.6 Å². The molecule has 0 spiro atoms. The van der Waals surface area contributed by atoms with Crippen LogP contribution < -0.4 is 5.73 Å². The summed E-state index contributed by atoms with van der Waals surface area (Å²) >= 11 is 0. The highest BCUT2D eigenvalue weighted by molar-refractivity contribution is 5.66. The number of nitrogens with two attached hydrogens (primary N) is 1. The molecule has 0 bridgehead atoms. The molecule has 2 aromatic rings. The number of aliphatic hydroxyl groups excluding tert-OH is 1. The van der Waals surface area contributed by atoms with Gasteiger partial charge in [0, 0.05) is 0 Å². The molecule has 0 radical (unpaired) electrons. The van der Waals surface area contributed by atoms with Gasteiger partial charge in [-0.2, -0.15) is 10.4 Å². The van der Waals surface area contributed by atoms with Crippen LogP contribution in [0.4, 0.5) is 5.82 Å². The summed E-state index contributed by atoms with van der Waals surface area (Å²) in [6, 6.07) is 3.67. The molecule has 2 fully saturated rings. The van der Waals surface area contributed by atoms with Crippen LogP contribution in [-0.2, 0) is 19.8 Å². The zero-order valence-electron chi connectivity index (χ0n) is 14.1. The van der Waals surface area contributed by atoms with Gasteiger partial charge in [0.25, 0.3) is 0 Å². The number of rotatable bonds is 2. The summed E-state index contributed by atoms with van der Waals surface area (Å²) in [7, 11) is 0. The Labute approximate surface area is 139 Å². The average Bonchev–Trinajstić information content (AvgIpc) is 3.16. The Bertz CT molecular complexity index is 894. The minimum atomic E-state index is -1.60. The van der Waals surface area contributed by atoms with Crippen molar-refractivity contribution >= 4 is 11.3 Å². The predicted octanol–water partition coefficient (Wildman–Crippen LogP) is -0.0584. The molecule has 2 saturated heterocycles. The van der Waals surface area contributed by atoms with Crippen molar-refractivity contribution in [1.29, 1.82) is 5.26 Å². The van der Waals surface area contributed by atoms with Crippen molar-refractivity contribution in [1.82, 2.24) is 14.6 Å². The highest BCUT2D eigenvalue weighted by Crippen LogP contribution is 2.49. The largest absolute Gasteiger partial charge is 0.394 e. The fourth-order valence-electron chi connectivity index (χ4n) is 3.39. The van der Waals surface area contributed by atoms with E-state index in [2.05, 4.69) is 16.2 Å². The lowest BCUT2D eigenvalue weighted by molar-refractivity contribution is -0.204. The Balaban J connectivity index is 1.94. The maximum atomic E-state index is 10.00. The summed E-state index contributed by atoms with van der Waals surface area (Å²) in [5, 5.41) is 23.8. The van der Waals surface area contributed by atoms with Gasteiger partial charge in [0.1, 0.15) is 36.2 Å². The van der Waals surface area contributed by atoms with E-state index in [0.717, 1.165) is 0 Å². The first-order valence-corrected chi connectivity index (χ1v) is 7.48. The van der Waals surface area contributed by atoms with Crippen LogP contribution in [0.3, 0.4) is 0 Å². The van der Waals surface area contributed by atoms with E-state index in [1.165, 1.54) is 16.9 Å². The van der Waals surface area contributed by atoms with Crippen molar-refractivity contribution in [2.75, 3.05) is 12.3 Å². The fraction of sp³-hybridized carbons (Fsp3) is 0.533. The monoisotopic (exact) mass is 332 g/mol. The quantitative estimate of drug-likeness (QED) is 0.783. The Kier molecular flexibility index (Phi) is 2.87. The maximum Gasteiger partial charge on any atom is 0.226 e. The van der Waals surface area contributed by atoms with Crippen molar-refractivity contribution in [3.05, 3.63) is 24.1 Å². The van der Waals surface area contributed by atoms with Gasteiger partial charge in [-0.05, 0) is 26.0 Å². The van der Waals surface area contributed by atoms with Gasteiger partial charge in [-0.3, -0.25) is 0 Å². The molecule has 0 unspecified atom stereocenters. The fourth-order valence-corrected chi connectivity index (χ4v) is 3.39. The number of fused-ring (bicyclic) bond motifs is 2. The molecule has 24 heavy (non-hydrogen) atoms. The SMILES string of the molecule is [2H]c1cc([C@]2(C#N)O[C@H](CO)[C@H]3OC(C)(C)O[C@H]32)n2ncnc(N)c12. The standard InChI is InChI=1S/C15H17N5O4/c1-14(2)23-11-9(5-21)22-15(6-16,12(11)24-14)10-4-3-8-13(17)18-7-19-20(8)10/h3-4,7,9,11-12,21H,5H2,1-2H3,(H2,17,18,19)/t9-,11-,12-,15+/m1/s1/i3D. The predicted molar refractivity (Wildman–Crippen MR) is 80.5 cm³/mol. The van der Waals surface area contributed by atoms with Gasteiger partial charge in [-0.15, -0.1) is 0 Å². The molecule has 9 heteroatoms. The molecule has 0 saturated carbocycles. The molecule has 9 nitrogen and oxygen atoms in total. The highest BCUT2D eigenvalue weighted by atomic mass is 16.8. The molecule has 0 amide bonds. The van der Waals surface area contributed by atoms with E-state index in [1.54, 1.807) is 13.8 Å². The van der Waals surface area contributed by atoms with Gasteiger partial charge in [-0.1, -0.05) is 0 Å². The molecule has 2 aromatic heterocycles. The Morgan fingerprint density at radius 3 is 3.00 bits per heavy atom. The van der Waals surface area contributed by atoms with E-state index in [9.17, 15) is 10.4 Å². The molecule has 2 aliphatic rings. The van der Waals surface area contributed by atoms with E-state index >= 15 is 0 Å². The first-order valence-electron chi connectivity index (χ1n) is 7.98. The summed E-state index contributed by atoms with van der Waals surface area (Å²) in [5.74, 6) is -0.809. The van der Waals surface area contributed by atoms with Crippen molar-refractivity contribution in [2.45, 2.75) is 43.5 Å². The summed E-state index contributed by atoms with van der Waals surface area (Å²) in [4.78, 5) is 3.88. The third-order valence-corrected chi connectivity index (χ3v) is 4.35. The van der Waals surface area contributed by atoms with E-state index < -0.39 is 29.7 Å². The number of hydrogen-bond acceptors (Lipinski definition) is 8. The van der Waals surface area contributed by atoms with Crippen LogP contribution in [-0.4, -0.2) is 50.4 Å². The molecular formula is C15H17N5O4. The molecule has 4 atom stereocenters. The van der Waals surface area contributed by atoms with E-state index in [0.29, 0.717) is 0 Å². The highest BCUT2D eigenvalue weighted by Gasteiger charge is 2.65. The van der Waals surface area contributed by atoms with Crippen LogP contribution >= 0.6 is 0 Å². The number of ether oxygens (including phenoxy) is 3. The van der Waals surface area contributed by atoms with Crippen molar-refractivity contribution in [3.63, 3.8) is 0 Å². The molecule has 0 aromatic carbocycles. The number of nitrogens with zero attached hydrogens (tertiary/aromatic N) is 4. The second-order valence-electron chi connectivity index (χ2n) is 6.29. The average molecular weight is 332 g/mol. The van der Waals surface area contributed by atoms with Gasteiger partial charge in [0.2, 0.25) is 5.60 Å². The number of nitriles is 1. The second kappa shape index (κ2) is 4.87. The maximum absolute atomic E-state index is 10.00. The number of aliphatic hydroxyl groups is 1. The first kappa shape index (κ1) is 14.1. The van der Waals surface area contributed by atoms with Crippen molar-refractivity contribution < 1.29 is 20.7 Å². The van der Waals surface area contributed by atoms with Gasteiger partial charge in [0.05, 0.1) is 13.7 Å². The van der Waals surface area contributed by atoms with Crippen molar-refractivity contribution in [2.24, 2.45) is 0 Å². The topological polar surface area (TPSA) is 128 Å². The summed E-state index contributed by atoms with van der Waals surface area (Å²) in [6.45, 7) is 3.13. The lowest BCUT2D eigenvalue weighted by Gasteiger charge is -2.28. The van der Waals surface area contributed by atoms with Crippen LogP contribution in [0.25, 0.3) is 5.52 Å². The first-order chi connectivity index (χ1) is 11.8. The molecular weight excluding hydrogens is 314 g/mol. The molecule has 126 valence electrons.